The van der Waals surface area contributed by atoms with Crippen molar-refractivity contribution in [2.45, 2.75) is 12.6 Å². The minimum Gasteiger partial charge on any atom is -0.497 e. The molecule has 0 amide bonds. The van der Waals surface area contributed by atoms with Crippen LogP contribution in [0.25, 0.3) is 0 Å². The first-order chi connectivity index (χ1) is 13.2. The predicted octanol–water partition coefficient (Wildman–Crippen LogP) is 1.32. The Hall–Kier alpha value is -2.15. The number of ether oxygens (including phenoxy) is 2. The highest BCUT2D eigenvalue weighted by Crippen LogP contribution is 2.12. The van der Waals surface area contributed by atoms with E-state index < -0.39 is 0 Å². The number of morpholine rings is 1. The predicted molar refractivity (Wildman–Crippen MR) is 111 cm³/mol. The fourth-order valence-electron chi connectivity index (χ4n) is 3.23. The lowest BCUT2D eigenvalue weighted by Gasteiger charge is -2.29. The van der Waals surface area contributed by atoms with Gasteiger partial charge in [-0.25, -0.2) is 0 Å². The van der Waals surface area contributed by atoms with E-state index in [1.807, 2.05) is 30.3 Å². The van der Waals surface area contributed by atoms with Gasteiger partial charge in [0.2, 0.25) is 0 Å². The highest BCUT2D eigenvalue weighted by atomic mass is 32.1. The van der Waals surface area contributed by atoms with Crippen molar-refractivity contribution in [3.05, 3.63) is 65.7 Å². The average molecular weight is 387 g/mol. The normalized spacial score (nSPS) is 15.7. The molecule has 6 heteroatoms. The summed E-state index contributed by atoms with van der Waals surface area (Å²) in [4.78, 5) is 1.54. The zero-order chi connectivity index (χ0) is 18.9. The average Bonchev–Trinajstić information content (AvgIpc) is 2.73. The first-order valence-corrected chi connectivity index (χ1v) is 9.79. The monoisotopic (exact) mass is 386 g/mol. The second-order valence-corrected chi connectivity index (χ2v) is 7.11. The highest BCUT2D eigenvalue weighted by Gasteiger charge is 2.21. The molecule has 0 spiro atoms. The number of hydrogen-bond donors (Lipinski definition) is 3. The molecule has 0 unspecified atom stereocenters. The highest BCUT2D eigenvalue weighted by molar-refractivity contribution is 7.80. The van der Waals surface area contributed by atoms with Crippen LogP contribution in [0, 0.1) is 0 Å². The van der Waals surface area contributed by atoms with Crippen LogP contribution in [0.1, 0.15) is 17.2 Å². The van der Waals surface area contributed by atoms with Crippen LogP contribution >= 0.6 is 12.2 Å². The molecule has 1 fully saturated rings. The maximum atomic E-state index is 5.56. The quantitative estimate of drug-likeness (QED) is 0.627. The second-order valence-electron chi connectivity index (χ2n) is 6.70. The molecular formula is C21H28N3O2S+. The SMILES string of the molecule is COc1ccc(CNC(=S)N[C@H](C[NH+]2CCOCC2)c2ccccc2)cc1. The van der Waals surface area contributed by atoms with Crippen LogP contribution in [0.2, 0.25) is 0 Å². The van der Waals surface area contributed by atoms with E-state index in [4.69, 9.17) is 21.7 Å². The van der Waals surface area contributed by atoms with E-state index in [1.165, 1.54) is 5.56 Å². The number of hydrogen-bond acceptors (Lipinski definition) is 3. The minimum atomic E-state index is 0.176. The molecule has 3 rings (SSSR count). The fourth-order valence-corrected chi connectivity index (χ4v) is 3.44. The zero-order valence-electron chi connectivity index (χ0n) is 15.7. The molecule has 0 saturated carbocycles. The van der Waals surface area contributed by atoms with Crippen molar-refractivity contribution in [3.63, 3.8) is 0 Å². The summed E-state index contributed by atoms with van der Waals surface area (Å²) in [6.45, 7) is 5.40. The van der Waals surface area contributed by atoms with Crippen LogP contribution < -0.4 is 20.3 Å². The maximum absolute atomic E-state index is 5.56. The number of nitrogens with one attached hydrogen (secondary N) is 3. The van der Waals surface area contributed by atoms with Gasteiger partial charge < -0.3 is 25.0 Å². The molecule has 2 aromatic rings. The van der Waals surface area contributed by atoms with Crippen molar-refractivity contribution < 1.29 is 14.4 Å². The number of rotatable bonds is 7. The molecular weight excluding hydrogens is 358 g/mol. The maximum Gasteiger partial charge on any atom is 0.167 e. The van der Waals surface area contributed by atoms with Gasteiger partial charge in [0.05, 0.1) is 20.3 Å². The molecule has 1 aliphatic rings. The number of methoxy groups -OCH3 is 1. The second kappa shape index (κ2) is 10.3. The van der Waals surface area contributed by atoms with E-state index in [9.17, 15) is 0 Å². The fraction of sp³-hybridized carbons (Fsp3) is 0.381. The molecule has 0 aliphatic carbocycles. The van der Waals surface area contributed by atoms with E-state index >= 15 is 0 Å². The lowest BCUT2D eigenvalue weighted by atomic mass is 10.1. The summed E-state index contributed by atoms with van der Waals surface area (Å²) in [5.74, 6) is 0.858. The van der Waals surface area contributed by atoms with E-state index in [0.29, 0.717) is 11.7 Å². The summed E-state index contributed by atoms with van der Waals surface area (Å²) in [5, 5.41) is 7.50. The third-order valence-electron chi connectivity index (χ3n) is 4.81. The molecule has 0 aromatic heterocycles. The Morgan fingerprint density at radius 2 is 1.81 bits per heavy atom. The van der Waals surface area contributed by atoms with Crippen molar-refractivity contribution in [2.24, 2.45) is 0 Å². The molecule has 3 N–H and O–H groups in total. The Kier molecular flexibility index (Phi) is 7.45. The van der Waals surface area contributed by atoms with E-state index in [1.54, 1.807) is 12.0 Å². The van der Waals surface area contributed by atoms with Crippen molar-refractivity contribution in [3.8, 4) is 5.75 Å². The molecule has 1 atom stereocenters. The molecule has 27 heavy (non-hydrogen) atoms. The molecule has 144 valence electrons. The smallest absolute Gasteiger partial charge is 0.167 e. The van der Waals surface area contributed by atoms with Gasteiger partial charge in [0.15, 0.2) is 5.11 Å². The third kappa shape index (κ3) is 6.20. The van der Waals surface area contributed by atoms with Gasteiger partial charge in [-0.3, -0.25) is 0 Å². The topological polar surface area (TPSA) is 47.0 Å². The number of benzene rings is 2. The van der Waals surface area contributed by atoms with Gasteiger partial charge >= 0.3 is 0 Å². The van der Waals surface area contributed by atoms with Crippen LogP contribution in [0.5, 0.6) is 5.75 Å². The van der Waals surface area contributed by atoms with Gasteiger partial charge in [-0.2, -0.15) is 0 Å². The number of quaternary nitrogens is 1. The van der Waals surface area contributed by atoms with Gasteiger partial charge in [-0.15, -0.1) is 0 Å². The molecule has 0 bridgehead atoms. The molecule has 0 radical (unpaired) electrons. The summed E-state index contributed by atoms with van der Waals surface area (Å²) in [5.41, 5.74) is 2.42. The van der Waals surface area contributed by atoms with Gasteiger partial charge in [-0.1, -0.05) is 42.5 Å². The molecule has 1 saturated heterocycles. The van der Waals surface area contributed by atoms with Crippen LogP contribution in [0.3, 0.4) is 0 Å². The van der Waals surface area contributed by atoms with Crippen LogP contribution in [-0.2, 0) is 11.3 Å². The van der Waals surface area contributed by atoms with E-state index in [0.717, 1.165) is 44.2 Å². The van der Waals surface area contributed by atoms with Gasteiger partial charge in [0.25, 0.3) is 0 Å². The molecule has 5 nitrogen and oxygen atoms in total. The Bertz CT molecular complexity index is 703. The molecule has 1 aliphatic heterocycles. The summed E-state index contributed by atoms with van der Waals surface area (Å²) in [6.07, 6.45) is 0. The standard InChI is InChI=1S/C21H27N3O2S/c1-25-19-9-7-17(8-10-19)15-22-21(27)23-20(18-5-3-2-4-6-18)16-24-11-13-26-14-12-24/h2-10,20H,11-16H2,1H3,(H2,22,23,27)/p+1/t20-/m1/s1. The summed E-state index contributed by atoms with van der Waals surface area (Å²) in [6, 6.07) is 18.7. The van der Waals surface area contributed by atoms with Crippen molar-refractivity contribution in [1.82, 2.24) is 10.6 Å². The largest absolute Gasteiger partial charge is 0.497 e. The first kappa shape index (κ1) is 19.6. The van der Waals surface area contributed by atoms with Gasteiger partial charge in [0, 0.05) is 6.54 Å². The summed E-state index contributed by atoms with van der Waals surface area (Å²) in [7, 11) is 1.67. The Labute approximate surface area is 166 Å². The van der Waals surface area contributed by atoms with Crippen LogP contribution in [0.4, 0.5) is 0 Å². The van der Waals surface area contributed by atoms with Crippen molar-refractivity contribution >= 4 is 17.3 Å². The van der Waals surface area contributed by atoms with Crippen molar-refractivity contribution in [2.75, 3.05) is 40.0 Å². The Balaban J connectivity index is 1.57. The molecule has 2 aromatic carbocycles. The Morgan fingerprint density at radius 3 is 2.48 bits per heavy atom. The number of thiocarbonyl (C=S) groups is 1. The lowest BCUT2D eigenvalue weighted by Crippen LogP contribution is -3.14. The Morgan fingerprint density at radius 1 is 1.11 bits per heavy atom. The summed E-state index contributed by atoms with van der Waals surface area (Å²) >= 11 is 5.56. The first-order valence-electron chi connectivity index (χ1n) is 9.38. The zero-order valence-corrected chi connectivity index (χ0v) is 16.6. The van der Waals surface area contributed by atoms with E-state index in [2.05, 4.69) is 34.9 Å². The van der Waals surface area contributed by atoms with E-state index in [-0.39, 0.29) is 6.04 Å². The van der Waals surface area contributed by atoms with Gasteiger partial charge in [-0.05, 0) is 35.5 Å². The van der Waals surface area contributed by atoms with Crippen LogP contribution in [0.15, 0.2) is 54.6 Å². The minimum absolute atomic E-state index is 0.176. The lowest BCUT2D eigenvalue weighted by molar-refractivity contribution is -0.909. The molecule has 1 heterocycles. The van der Waals surface area contributed by atoms with Crippen molar-refractivity contribution in [1.29, 1.82) is 0 Å². The van der Waals surface area contributed by atoms with Crippen LogP contribution in [-0.4, -0.2) is 45.1 Å². The third-order valence-corrected chi connectivity index (χ3v) is 5.07. The summed E-state index contributed by atoms with van der Waals surface area (Å²) < 4.78 is 10.7. The van der Waals surface area contributed by atoms with Gasteiger partial charge in [0.1, 0.15) is 31.4 Å².